The molecule has 124 valence electrons. The van der Waals surface area contributed by atoms with Crippen LogP contribution in [0.15, 0.2) is 23.1 Å². The molecule has 2 unspecified atom stereocenters. The van der Waals surface area contributed by atoms with Gasteiger partial charge in [-0.15, -0.1) is 12.4 Å². The molecule has 5 nitrogen and oxygen atoms in total. The Balaban J connectivity index is 0.00000176. The Morgan fingerprint density at radius 3 is 2.41 bits per heavy atom. The zero-order valence-electron chi connectivity index (χ0n) is 12.8. The van der Waals surface area contributed by atoms with Gasteiger partial charge >= 0.3 is 0 Å². The van der Waals surface area contributed by atoms with Crippen molar-refractivity contribution < 1.29 is 13.2 Å². The molecule has 2 atom stereocenters. The van der Waals surface area contributed by atoms with Gasteiger partial charge in [-0.3, -0.25) is 0 Å². The molecule has 0 spiro atoms. The maximum absolute atomic E-state index is 12.5. The highest BCUT2D eigenvalue weighted by atomic mass is 35.5. The van der Waals surface area contributed by atoms with Crippen molar-refractivity contribution in [3.63, 3.8) is 0 Å². The van der Waals surface area contributed by atoms with Crippen LogP contribution in [0.1, 0.15) is 31.2 Å². The van der Waals surface area contributed by atoms with Crippen molar-refractivity contribution in [3.8, 4) is 5.75 Å². The molecule has 0 radical (unpaired) electrons. The van der Waals surface area contributed by atoms with Crippen LogP contribution >= 0.6 is 12.4 Å². The van der Waals surface area contributed by atoms with Crippen LogP contribution in [0.5, 0.6) is 5.75 Å². The molecule has 0 aromatic heterocycles. The van der Waals surface area contributed by atoms with E-state index in [1.807, 2.05) is 6.92 Å². The van der Waals surface area contributed by atoms with E-state index < -0.39 is 10.0 Å². The van der Waals surface area contributed by atoms with E-state index in [0.29, 0.717) is 22.7 Å². The van der Waals surface area contributed by atoms with Crippen LogP contribution in [0.3, 0.4) is 0 Å². The summed E-state index contributed by atoms with van der Waals surface area (Å²) in [5.41, 5.74) is 0.825. The van der Waals surface area contributed by atoms with Crippen molar-refractivity contribution in [2.75, 3.05) is 7.11 Å². The predicted octanol–water partition coefficient (Wildman–Crippen LogP) is 1.99. The van der Waals surface area contributed by atoms with E-state index in [1.165, 1.54) is 0 Å². The summed E-state index contributed by atoms with van der Waals surface area (Å²) in [4.78, 5) is 0.312. The van der Waals surface area contributed by atoms with Gasteiger partial charge in [-0.05, 0) is 56.4 Å². The number of methoxy groups -OCH3 is 1. The molecular weight excluding hydrogens is 324 g/mol. The summed E-state index contributed by atoms with van der Waals surface area (Å²) in [7, 11) is -1.88. The number of hydrogen-bond donors (Lipinski definition) is 2. The molecule has 3 rings (SSSR count). The third-order valence-electron chi connectivity index (χ3n) is 4.47. The van der Waals surface area contributed by atoms with E-state index in [4.69, 9.17) is 4.74 Å². The van der Waals surface area contributed by atoms with Crippen LogP contribution in [-0.2, 0) is 10.0 Å². The molecule has 7 heteroatoms. The molecule has 2 saturated heterocycles. The number of ether oxygens (including phenoxy) is 1. The van der Waals surface area contributed by atoms with Crippen LogP contribution in [0, 0.1) is 6.92 Å². The van der Waals surface area contributed by atoms with Gasteiger partial charge in [-0.25, -0.2) is 13.1 Å². The van der Waals surface area contributed by atoms with E-state index in [9.17, 15) is 8.42 Å². The Labute approximate surface area is 138 Å². The maximum Gasteiger partial charge on any atom is 0.240 e. The van der Waals surface area contributed by atoms with E-state index in [1.54, 1.807) is 25.3 Å². The maximum atomic E-state index is 12.5. The van der Waals surface area contributed by atoms with Gasteiger partial charge in [0.15, 0.2) is 0 Å². The Morgan fingerprint density at radius 2 is 1.86 bits per heavy atom. The van der Waals surface area contributed by atoms with E-state index in [2.05, 4.69) is 10.0 Å². The van der Waals surface area contributed by atoms with Crippen molar-refractivity contribution in [3.05, 3.63) is 23.8 Å². The first-order valence-electron chi connectivity index (χ1n) is 7.41. The minimum absolute atomic E-state index is 0. The quantitative estimate of drug-likeness (QED) is 0.875. The average molecular weight is 347 g/mol. The molecule has 0 amide bonds. The fourth-order valence-corrected chi connectivity index (χ4v) is 4.81. The molecule has 22 heavy (non-hydrogen) atoms. The van der Waals surface area contributed by atoms with Crippen molar-refractivity contribution >= 4 is 22.4 Å². The minimum atomic E-state index is -3.46. The summed E-state index contributed by atoms with van der Waals surface area (Å²) in [6.45, 7) is 1.85. The lowest BCUT2D eigenvalue weighted by Crippen LogP contribution is -2.47. The first kappa shape index (κ1) is 17.5. The summed E-state index contributed by atoms with van der Waals surface area (Å²) >= 11 is 0. The normalized spacial score (nSPS) is 27.3. The second kappa shape index (κ2) is 6.74. The number of hydrogen-bond acceptors (Lipinski definition) is 4. The van der Waals surface area contributed by atoms with Crippen LogP contribution in [0.25, 0.3) is 0 Å². The second-order valence-electron chi connectivity index (χ2n) is 6.06. The van der Waals surface area contributed by atoms with Gasteiger partial charge in [-0.2, -0.15) is 0 Å². The monoisotopic (exact) mass is 346 g/mol. The standard InChI is InChI=1S/C15H22N2O3S.ClH/c1-10-7-14(5-6-15(10)20-2)21(18,19)17-13-8-11-3-4-12(9-13)16-11;/h5-7,11-13,16-17H,3-4,8-9H2,1-2H3;1H. The summed E-state index contributed by atoms with van der Waals surface area (Å²) in [5, 5.41) is 3.52. The Bertz CT molecular complexity index is 624. The third kappa shape index (κ3) is 3.56. The minimum Gasteiger partial charge on any atom is -0.496 e. The van der Waals surface area contributed by atoms with Gasteiger partial charge in [-0.1, -0.05) is 0 Å². The topological polar surface area (TPSA) is 67.4 Å². The van der Waals surface area contributed by atoms with Gasteiger partial charge in [0.1, 0.15) is 5.75 Å². The number of fused-ring (bicyclic) bond motifs is 2. The highest BCUT2D eigenvalue weighted by molar-refractivity contribution is 7.89. The molecule has 0 saturated carbocycles. The molecule has 2 N–H and O–H groups in total. The number of benzene rings is 1. The number of aryl methyl sites for hydroxylation is 1. The molecule has 2 heterocycles. The van der Waals surface area contributed by atoms with Crippen LogP contribution in [0.4, 0.5) is 0 Å². The fraction of sp³-hybridized carbons (Fsp3) is 0.600. The van der Waals surface area contributed by atoms with Crippen molar-refractivity contribution in [2.45, 2.75) is 55.6 Å². The van der Waals surface area contributed by atoms with Crippen molar-refractivity contribution in [2.24, 2.45) is 0 Å². The number of halogens is 1. The lowest BCUT2D eigenvalue weighted by atomic mass is 10.0. The smallest absolute Gasteiger partial charge is 0.240 e. The number of nitrogens with one attached hydrogen (secondary N) is 2. The van der Waals surface area contributed by atoms with Gasteiger partial charge in [0, 0.05) is 18.1 Å². The zero-order valence-corrected chi connectivity index (χ0v) is 14.5. The highest BCUT2D eigenvalue weighted by Gasteiger charge is 2.35. The number of piperidine rings is 1. The molecule has 0 aliphatic carbocycles. The van der Waals surface area contributed by atoms with Gasteiger partial charge in [0.25, 0.3) is 0 Å². The molecular formula is C15H23ClN2O3S. The summed E-state index contributed by atoms with van der Waals surface area (Å²) in [5.74, 6) is 0.703. The largest absolute Gasteiger partial charge is 0.496 e. The number of sulfonamides is 1. The summed E-state index contributed by atoms with van der Waals surface area (Å²) in [6, 6.07) is 5.94. The average Bonchev–Trinajstić information content (AvgIpc) is 2.77. The van der Waals surface area contributed by atoms with E-state index in [0.717, 1.165) is 31.2 Å². The second-order valence-corrected chi connectivity index (χ2v) is 7.77. The molecule has 1 aromatic rings. The van der Waals surface area contributed by atoms with Crippen LogP contribution in [0.2, 0.25) is 0 Å². The lowest BCUT2D eigenvalue weighted by Gasteiger charge is -2.29. The fourth-order valence-electron chi connectivity index (χ4n) is 3.46. The van der Waals surface area contributed by atoms with Crippen molar-refractivity contribution in [1.82, 2.24) is 10.0 Å². The van der Waals surface area contributed by atoms with Crippen LogP contribution in [-0.4, -0.2) is 33.7 Å². The third-order valence-corrected chi connectivity index (χ3v) is 5.99. The Morgan fingerprint density at radius 1 is 1.23 bits per heavy atom. The molecule has 2 fully saturated rings. The van der Waals surface area contributed by atoms with Crippen LogP contribution < -0.4 is 14.8 Å². The Kier molecular flexibility index (Phi) is 5.37. The molecule has 1 aromatic carbocycles. The summed E-state index contributed by atoms with van der Waals surface area (Å²) < 4.78 is 33.1. The lowest BCUT2D eigenvalue weighted by molar-refractivity contribution is 0.345. The molecule has 2 aliphatic rings. The molecule has 2 aliphatic heterocycles. The predicted molar refractivity (Wildman–Crippen MR) is 88.3 cm³/mol. The first-order valence-corrected chi connectivity index (χ1v) is 8.89. The first-order chi connectivity index (χ1) is 9.98. The van der Waals surface area contributed by atoms with E-state index in [-0.39, 0.29) is 18.4 Å². The van der Waals surface area contributed by atoms with Gasteiger partial charge in [0.05, 0.1) is 12.0 Å². The van der Waals surface area contributed by atoms with Gasteiger partial charge < -0.3 is 10.1 Å². The van der Waals surface area contributed by atoms with Crippen molar-refractivity contribution in [1.29, 1.82) is 0 Å². The number of rotatable bonds is 4. The molecule has 2 bridgehead atoms. The van der Waals surface area contributed by atoms with Gasteiger partial charge in [0.2, 0.25) is 10.0 Å². The Hall–Kier alpha value is -0.820. The summed E-state index contributed by atoms with van der Waals surface area (Å²) in [6.07, 6.45) is 4.07. The SMILES string of the molecule is COc1ccc(S(=O)(=O)NC2CC3CCC(C2)N3)cc1C.Cl. The highest BCUT2D eigenvalue weighted by Crippen LogP contribution is 2.28. The van der Waals surface area contributed by atoms with E-state index >= 15 is 0 Å². The zero-order chi connectivity index (χ0) is 15.0.